The average molecular weight is 222 g/mol. The molecule has 3 N–H and O–H groups in total. The summed E-state index contributed by atoms with van der Waals surface area (Å²) < 4.78 is 5.42. The normalized spacial score (nSPS) is 12.8. The van der Waals surface area contributed by atoms with Crippen LogP contribution in [0.5, 0.6) is 0 Å². The van der Waals surface area contributed by atoms with Crippen LogP contribution < -0.4 is 11.3 Å². The molecule has 1 atom stereocenters. The van der Waals surface area contributed by atoms with Crippen LogP contribution in [0.25, 0.3) is 0 Å². The van der Waals surface area contributed by atoms with E-state index in [2.05, 4.69) is 38.3 Å². The number of ether oxygens (including phenoxy) is 1. The number of benzene rings is 1. The zero-order chi connectivity index (χ0) is 12.1. The van der Waals surface area contributed by atoms with Gasteiger partial charge in [0.15, 0.2) is 0 Å². The molecule has 1 unspecified atom stereocenters. The quantitative estimate of drug-likeness (QED) is 0.593. The van der Waals surface area contributed by atoms with E-state index >= 15 is 0 Å². The van der Waals surface area contributed by atoms with Crippen molar-refractivity contribution in [1.29, 1.82) is 0 Å². The first-order chi connectivity index (χ1) is 7.60. The molecule has 0 amide bonds. The fraction of sp³-hybridized carbons (Fsp3) is 0.538. The Bertz CT molecular complexity index is 350. The number of rotatable bonds is 5. The highest BCUT2D eigenvalue weighted by Gasteiger charge is 2.13. The summed E-state index contributed by atoms with van der Waals surface area (Å²) in [5, 5.41) is 0. The molecule has 0 fully saturated rings. The van der Waals surface area contributed by atoms with Crippen molar-refractivity contribution < 1.29 is 4.74 Å². The van der Waals surface area contributed by atoms with Crippen LogP contribution in [0.3, 0.4) is 0 Å². The smallest absolute Gasteiger partial charge is 0.0696 e. The van der Waals surface area contributed by atoms with Crippen LogP contribution in [0.15, 0.2) is 12.1 Å². The van der Waals surface area contributed by atoms with E-state index in [4.69, 9.17) is 10.6 Å². The maximum Gasteiger partial charge on any atom is 0.0696 e. The number of hydrazine groups is 1. The molecule has 0 aromatic heterocycles. The summed E-state index contributed by atoms with van der Waals surface area (Å²) in [5.41, 5.74) is 7.89. The monoisotopic (exact) mass is 222 g/mol. The third kappa shape index (κ3) is 3.04. The molecule has 90 valence electrons. The Morgan fingerprint density at radius 1 is 1.19 bits per heavy atom. The number of hydrogen-bond donors (Lipinski definition) is 2. The van der Waals surface area contributed by atoms with Crippen LogP contribution in [0.2, 0.25) is 0 Å². The molecule has 0 saturated carbocycles. The highest BCUT2D eigenvalue weighted by Crippen LogP contribution is 2.21. The van der Waals surface area contributed by atoms with Gasteiger partial charge in [0.05, 0.1) is 12.6 Å². The van der Waals surface area contributed by atoms with Gasteiger partial charge < -0.3 is 4.74 Å². The van der Waals surface area contributed by atoms with Crippen molar-refractivity contribution in [3.63, 3.8) is 0 Å². The Balaban J connectivity index is 2.95. The Labute approximate surface area is 98.0 Å². The molecule has 0 aliphatic carbocycles. The van der Waals surface area contributed by atoms with Crippen LogP contribution in [0.1, 0.15) is 35.2 Å². The lowest BCUT2D eigenvalue weighted by Crippen LogP contribution is -2.32. The SMILES string of the molecule is CCOCC(NN)c1cc(C)c(C)cc1C. The summed E-state index contributed by atoms with van der Waals surface area (Å²) in [4.78, 5) is 0. The van der Waals surface area contributed by atoms with Crippen molar-refractivity contribution in [2.75, 3.05) is 13.2 Å². The molecule has 0 bridgehead atoms. The van der Waals surface area contributed by atoms with Gasteiger partial charge in [0.2, 0.25) is 0 Å². The predicted molar refractivity (Wildman–Crippen MR) is 67.2 cm³/mol. The maximum atomic E-state index is 5.57. The minimum absolute atomic E-state index is 0.0687. The van der Waals surface area contributed by atoms with Crippen LogP contribution in [-0.2, 0) is 4.74 Å². The van der Waals surface area contributed by atoms with Crippen molar-refractivity contribution in [3.8, 4) is 0 Å². The van der Waals surface area contributed by atoms with Gasteiger partial charge in [-0.25, -0.2) is 0 Å². The lowest BCUT2D eigenvalue weighted by atomic mass is 9.96. The summed E-state index contributed by atoms with van der Waals surface area (Å²) in [7, 11) is 0. The molecule has 1 aromatic carbocycles. The van der Waals surface area contributed by atoms with Crippen LogP contribution in [0, 0.1) is 20.8 Å². The van der Waals surface area contributed by atoms with Crippen molar-refractivity contribution in [2.45, 2.75) is 33.7 Å². The van der Waals surface area contributed by atoms with E-state index in [0.29, 0.717) is 13.2 Å². The second-order valence-corrected chi connectivity index (χ2v) is 4.17. The van der Waals surface area contributed by atoms with Crippen molar-refractivity contribution in [1.82, 2.24) is 5.43 Å². The first kappa shape index (κ1) is 13.2. The fourth-order valence-corrected chi connectivity index (χ4v) is 1.82. The van der Waals surface area contributed by atoms with Gasteiger partial charge in [-0.05, 0) is 49.9 Å². The van der Waals surface area contributed by atoms with Gasteiger partial charge in [-0.15, -0.1) is 0 Å². The van der Waals surface area contributed by atoms with E-state index in [1.54, 1.807) is 0 Å². The van der Waals surface area contributed by atoms with Gasteiger partial charge in [0.1, 0.15) is 0 Å². The summed E-state index contributed by atoms with van der Waals surface area (Å²) in [6.07, 6.45) is 0. The molecule has 0 spiro atoms. The number of nitrogens with two attached hydrogens (primary N) is 1. The van der Waals surface area contributed by atoms with E-state index in [1.165, 1.54) is 22.3 Å². The fourth-order valence-electron chi connectivity index (χ4n) is 1.82. The van der Waals surface area contributed by atoms with Crippen molar-refractivity contribution >= 4 is 0 Å². The Hall–Kier alpha value is -0.900. The topological polar surface area (TPSA) is 47.3 Å². The second kappa shape index (κ2) is 5.99. The van der Waals surface area contributed by atoms with Gasteiger partial charge >= 0.3 is 0 Å². The summed E-state index contributed by atoms with van der Waals surface area (Å²) >= 11 is 0. The van der Waals surface area contributed by atoms with Crippen LogP contribution in [0.4, 0.5) is 0 Å². The second-order valence-electron chi connectivity index (χ2n) is 4.17. The van der Waals surface area contributed by atoms with E-state index in [0.717, 1.165) is 0 Å². The minimum atomic E-state index is 0.0687. The molecule has 3 heteroatoms. The predicted octanol–water partition coefficient (Wildman–Crippen LogP) is 2.15. The van der Waals surface area contributed by atoms with Crippen molar-refractivity contribution in [2.24, 2.45) is 5.84 Å². The van der Waals surface area contributed by atoms with Gasteiger partial charge in [-0.3, -0.25) is 11.3 Å². The molecule has 1 rings (SSSR count). The molecule has 0 aliphatic rings. The van der Waals surface area contributed by atoms with Gasteiger partial charge in [0.25, 0.3) is 0 Å². The summed E-state index contributed by atoms with van der Waals surface area (Å²) in [5.74, 6) is 5.57. The summed E-state index contributed by atoms with van der Waals surface area (Å²) in [6, 6.07) is 4.45. The number of aryl methyl sites for hydroxylation is 3. The summed E-state index contributed by atoms with van der Waals surface area (Å²) in [6.45, 7) is 9.66. The van der Waals surface area contributed by atoms with Crippen LogP contribution in [-0.4, -0.2) is 13.2 Å². The molecule has 1 aromatic rings. The van der Waals surface area contributed by atoms with E-state index in [-0.39, 0.29) is 6.04 Å². The first-order valence-corrected chi connectivity index (χ1v) is 5.71. The molecular weight excluding hydrogens is 200 g/mol. The number of hydrogen-bond acceptors (Lipinski definition) is 3. The zero-order valence-electron chi connectivity index (χ0n) is 10.6. The Kier molecular flexibility index (Phi) is 4.93. The Morgan fingerprint density at radius 3 is 2.38 bits per heavy atom. The average Bonchev–Trinajstić information content (AvgIpc) is 2.26. The molecule has 3 nitrogen and oxygen atoms in total. The van der Waals surface area contributed by atoms with E-state index in [1.807, 2.05) is 6.92 Å². The molecule has 0 radical (unpaired) electrons. The number of nitrogens with one attached hydrogen (secondary N) is 1. The lowest BCUT2D eigenvalue weighted by Gasteiger charge is -2.19. The van der Waals surface area contributed by atoms with Gasteiger partial charge in [0, 0.05) is 6.61 Å². The third-order valence-corrected chi connectivity index (χ3v) is 2.95. The van der Waals surface area contributed by atoms with Gasteiger partial charge in [-0.2, -0.15) is 0 Å². The molecule has 0 heterocycles. The third-order valence-electron chi connectivity index (χ3n) is 2.95. The van der Waals surface area contributed by atoms with E-state index < -0.39 is 0 Å². The standard InChI is InChI=1S/C13H22N2O/c1-5-16-8-13(15-14)12-7-10(3)9(2)6-11(12)4/h6-7,13,15H,5,8,14H2,1-4H3. The molecule has 0 aliphatic heterocycles. The lowest BCUT2D eigenvalue weighted by molar-refractivity contribution is 0.123. The zero-order valence-corrected chi connectivity index (χ0v) is 10.6. The van der Waals surface area contributed by atoms with Crippen LogP contribution >= 0.6 is 0 Å². The van der Waals surface area contributed by atoms with E-state index in [9.17, 15) is 0 Å². The Morgan fingerprint density at radius 2 is 1.81 bits per heavy atom. The molecular formula is C13H22N2O. The highest BCUT2D eigenvalue weighted by molar-refractivity contribution is 5.38. The minimum Gasteiger partial charge on any atom is -0.380 e. The maximum absolute atomic E-state index is 5.57. The first-order valence-electron chi connectivity index (χ1n) is 5.71. The van der Waals surface area contributed by atoms with Gasteiger partial charge in [-0.1, -0.05) is 12.1 Å². The molecule has 0 saturated heterocycles. The highest BCUT2D eigenvalue weighted by atomic mass is 16.5. The molecule has 16 heavy (non-hydrogen) atoms. The van der Waals surface area contributed by atoms with Crippen molar-refractivity contribution in [3.05, 3.63) is 34.4 Å². The largest absolute Gasteiger partial charge is 0.380 e.